The van der Waals surface area contributed by atoms with Crippen LogP contribution in [0.4, 0.5) is 13.2 Å². The molecule has 8 nitrogen and oxygen atoms in total. The van der Waals surface area contributed by atoms with Gasteiger partial charge in [0.2, 0.25) is 10.0 Å². The SMILES string of the molecule is Cc1ccc(S(=O)(=O)N[C@H]2c3ccccc3C[C@H]2OC(=O)C[C@](O)(CC(C)(C)c2ccc(Cl)cc2S(C)(=O)=O)C(F)(F)F)cc1. The van der Waals surface area contributed by atoms with Gasteiger partial charge in [-0.1, -0.05) is 73.5 Å². The number of hydrogen-bond acceptors (Lipinski definition) is 7. The van der Waals surface area contributed by atoms with Crippen LogP contribution in [0.25, 0.3) is 0 Å². The highest BCUT2D eigenvalue weighted by atomic mass is 35.5. The summed E-state index contributed by atoms with van der Waals surface area (Å²) in [5.74, 6) is -1.41. The van der Waals surface area contributed by atoms with Crippen LogP contribution in [0.2, 0.25) is 5.02 Å². The van der Waals surface area contributed by atoms with Crippen LogP contribution in [-0.4, -0.2) is 52.0 Å². The van der Waals surface area contributed by atoms with Crippen LogP contribution in [0, 0.1) is 6.92 Å². The molecule has 0 aromatic heterocycles. The van der Waals surface area contributed by atoms with Crippen LogP contribution in [0.3, 0.4) is 0 Å². The molecular weight excluding hydrogens is 655 g/mol. The number of alkyl halides is 3. The number of carbonyl (C=O) groups is 1. The Hall–Kier alpha value is -2.97. The number of fused-ring (bicyclic) bond motifs is 1. The van der Waals surface area contributed by atoms with Crippen molar-refractivity contribution in [3.05, 3.63) is 94.0 Å². The lowest BCUT2D eigenvalue weighted by atomic mass is 9.74. The molecule has 3 atom stereocenters. The Morgan fingerprint density at radius 1 is 1.02 bits per heavy atom. The zero-order valence-corrected chi connectivity index (χ0v) is 27.2. The summed E-state index contributed by atoms with van der Waals surface area (Å²) in [5.41, 5.74) is -3.32. The Morgan fingerprint density at radius 2 is 1.64 bits per heavy atom. The number of ether oxygens (including phenoxy) is 1. The summed E-state index contributed by atoms with van der Waals surface area (Å²) >= 11 is 5.96. The van der Waals surface area contributed by atoms with E-state index in [4.69, 9.17) is 16.3 Å². The van der Waals surface area contributed by atoms with E-state index < -0.39 is 68.0 Å². The van der Waals surface area contributed by atoms with Gasteiger partial charge in [0.1, 0.15) is 6.10 Å². The first kappa shape index (κ1) is 34.9. The number of sulfone groups is 1. The van der Waals surface area contributed by atoms with Gasteiger partial charge in [-0.15, -0.1) is 0 Å². The van der Waals surface area contributed by atoms with Gasteiger partial charge in [-0.05, 0) is 59.7 Å². The average Bonchev–Trinajstić information content (AvgIpc) is 3.23. The maximum atomic E-state index is 14.5. The second-order valence-corrected chi connectivity index (χ2v) is 16.2. The van der Waals surface area contributed by atoms with E-state index in [0.29, 0.717) is 11.1 Å². The molecule has 0 heterocycles. The number of nitrogens with one attached hydrogen (secondary N) is 1. The maximum Gasteiger partial charge on any atom is 0.417 e. The molecule has 0 spiro atoms. The molecule has 0 radical (unpaired) electrons. The minimum atomic E-state index is -5.33. The van der Waals surface area contributed by atoms with Crippen molar-refractivity contribution in [1.29, 1.82) is 0 Å². The third kappa shape index (κ3) is 7.71. The van der Waals surface area contributed by atoms with E-state index >= 15 is 0 Å². The summed E-state index contributed by atoms with van der Waals surface area (Å²) in [4.78, 5) is 12.8. The van der Waals surface area contributed by atoms with Crippen LogP contribution in [0.15, 0.2) is 76.5 Å². The first-order valence-corrected chi connectivity index (χ1v) is 17.5. The van der Waals surface area contributed by atoms with Gasteiger partial charge in [-0.2, -0.15) is 17.9 Å². The summed E-state index contributed by atoms with van der Waals surface area (Å²) in [6.45, 7) is 4.42. The van der Waals surface area contributed by atoms with Crippen LogP contribution in [0.5, 0.6) is 0 Å². The molecule has 0 unspecified atom stereocenters. The maximum absolute atomic E-state index is 14.5. The van der Waals surface area contributed by atoms with Crippen LogP contribution >= 0.6 is 11.6 Å². The number of sulfonamides is 1. The fourth-order valence-electron chi connectivity index (χ4n) is 5.66. The third-order valence-corrected chi connectivity index (χ3v) is 10.7. The zero-order valence-electron chi connectivity index (χ0n) is 24.9. The molecule has 244 valence electrons. The van der Waals surface area contributed by atoms with Crippen molar-refractivity contribution in [2.75, 3.05) is 6.26 Å². The monoisotopic (exact) mass is 687 g/mol. The molecule has 1 aliphatic rings. The van der Waals surface area contributed by atoms with Gasteiger partial charge < -0.3 is 9.84 Å². The first-order chi connectivity index (χ1) is 20.6. The number of rotatable bonds is 10. The molecule has 3 aromatic carbocycles. The lowest BCUT2D eigenvalue weighted by Gasteiger charge is -2.38. The molecule has 45 heavy (non-hydrogen) atoms. The highest BCUT2D eigenvalue weighted by Crippen LogP contribution is 2.45. The Labute approximate surface area is 265 Å². The molecule has 0 saturated heterocycles. The summed E-state index contributed by atoms with van der Waals surface area (Å²) < 4.78 is 103. The molecular formula is C31H33ClF3NO7S2. The number of esters is 1. The zero-order chi connectivity index (χ0) is 33.6. The highest BCUT2D eigenvalue weighted by Gasteiger charge is 2.58. The predicted octanol–water partition coefficient (Wildman–Crippen LogP) is 5.59. The minimum absolute atomic E-state index is 0.0153. The van der Waals surface area contributed by atoms with E-state index in [0.717, 1.165) is 17.9 Å². The van der Waals surface area contributed by atoms with Crippen molar-refractivity contribution in [3.8, 4) is 0 Å². The minimum Gasteiger partial charge on any atom is -0.460 e. The number of halogens is 4. The average molecular weight is 688 g/mol. The number of benzene rings is 3. The van der Waals surface area contributed by atoms with Crippen LogP contribution in [0.1, 0.15) is 55.0 Å². The Morgan fingerprint density at radius 3 is 2.24 bits per heavy atom. The Kier molecular flexibility index (Phi) is 9.56. The van der Waals surface area contributed by atoms with Crippen molar-refractivity contribution >= 4 is 37.4 Å². The molecule has 1 aliphatic carbocycles. The van der Waals surface area contributed by atoms with Gasteiger partial charge >= 0.3 is 12.1 Å². The number of carbonyl (C=O) groups excluding carboxylic acids is 1. The van der Waals surface area contributed by atoms with Gasteiger partial charge in [0, 0.05) is 17.7 Å². The van der Waals surface area contributed by atoms with Gasteiger partial charge in [0.15, 0.2) is 15.4 Å². The highest BCUT2D eigenvalue weighted by molar-refractivity contribution is 7.90. The van der Waals surface area contributed by atoms with Crippen molar-refractivity contribution in [3.63, 3.8) is 0 Å². The molecule has 0 saturated carbocycles. The molecule has 0 amide bonds. The topological polar surface area (TPSA) is 127 Å². The second kappa shape index (κ2) is 12.3. The normalized spacial score (nSPS) is 18.7. The molecule has 0 aliphatic heterocycles. The molecule has 4 rings (SSSR count). The fourth-order valence-corrected chi connectivity index (χ4v) is 8.23. The first-order valence-electron chi connectivity index (χ1n) is 13.8. The van der Waals surface area contributed by atoms with Gasteiger partial charge in [-0.25, -0.2) is 16.8 Å². The molecule has 0 fully saturated rings. The predicted molar refractivity (Wildman–Crippen MR) is 162 cm³/mol. The van der Waals surface area contributed by atoms with E-state index in [2.05, 4.69) is 4.72 Å². The quantitative estimate of drug-likeness (QED) is 0.266. The van der Waals surface area contributed by atoms with E-state index in [1.807, 2.05) is 0 Å². The van der Waals surface area contributed by atoms with Crippen molar-refractivity contribution in [2.45, 2.75) is 79.2 Å². The van der Waals surface area contributed by atoms with Crippen molar-refractivity contribution in [1.82, 2.24) is 4.72 Å². The van der Waals surface area contributed by atoms with Crippen LogP contribution in [-0.2, 0) is 41.2 Å². The van der Waals surface area contributed by atoms with E-state index in [1.54, 1.807) is 43.3 Å². The summed E-state index contributed by atoms with van der Waals surface area (Å²) in [7, 11) is -8.07. The Balaban J connectivity index is 1.61. The fraction of sp³-hybridized carbons (Fsp3) is 0.387. The lowest BCUT2D eigenvalue weighted by Crippen LogP contribution is -2.51. The molecule has 3 aromatic rings. The molecule has 14 heteroatoms. The van der Waals surface area contributed by atoms with Crippen molar-refractivity contribution in [2.24, 2.45) is 0 Å². The van der Waals surface area contributed by atoms with Gasteiger partial charge in [0.05, 0.1) is 22.3 Å². The van der Waals surface area contributed by atoms with E-state index in [9.17, 15) is 39.9 Å². The van der Waals surface area contributed by atoms with Gasteiger partial charge in [0.25, 0.3) is 0 Å². The number of aryl methyl sites for hydroxylation is 1. The second-order valence-electron chi connectivity index (χ2n) is 12.0. The smallest absolute Gasteiger partial charge is 0.417 e. The van der Waals surface area contributed by atoms with E-state index in [1.165, 1.54) is 38.1 Å². The van der Waals surface area contributed by atoms with E-state index in [-0.39, 0.29) is 26.8 Å². The number of aliphatic hydroxyl groups is 1. The summed E-state index contributed by atoms with van der Waals surface area (Å²) in [6, 6.07) is 15.3. The third-order valence-electron chi connectivity index (χ3n) is 7.85. The Bertz CT molecular complexity index is 1810. The largest absolute Gasteiger partial charge is 0.460 e. The number of hydrogen-bond donors (Lipinski definition) is 2. The van der Waals surface area contributed by atoms with Gasteiger partial charge in [-0.3, -0.25) is 4.79 Å². The standard InChI is InChI=1S/C31H33ClF3NO7S2/c1-19-9-12-22(13-10-19)45(41,42)36-28-23-8-6-5-7-20(23)15-25(28)43-27(37)17-30(38,31(33,34)35)18-29(2,3)24-14-11-21(32)16-26(24)44(4,39)40/h5-14,16,25,28,36,38H,15,17-18H2,1-4H3/t25-,28+,30+/m1/s1. The molecule has 0 bridgehead atoms. The van der Waals surface area contributed by atoms with Crippen LogP contribution < -0.4 is 4.72 Å². The summed E-state index contributed by atoms with van der Waals surface area (Å²) in [5, 5.41) is 11.1. The summed E-state index contributed by atoms with van der Waals surface area (Å²) in [6.07, 6.45) is -8.26. The lowest BCUT2D eigenvalue weighted by molar-refractivity contribution is -0.270. The van der Waals surface area contributed by atoms with Crippen molar-refractivity contribution < 1.29 is 44.6 Å². The molecule has 2 N–H and O–H groups in total.